The number of anilines is 1. The zero-order valence-corrected chi connectivity index (χ0v) is 22.0. The Balaban J connectivity index is 1.23. The van der Waals surface area contributed by atoms with Gasteiger partial charge >= 0.3 is 0 Å². The Morgan fingerprint density at radius 2 is 1.83 bits per heavy atom. The van der Waals surface area contributed by atoms with Gasteiger partial charge in [0, 0.05) is 55.6 Å². The second-order valence-corrected chi connectivity index (χ2v) is 13.0. The molecule has 0 radical (unpaired) electrons. The number of aryl methyl sites for hydroxylation is 3. The highest BCUT2D eigenvalue weighted by atomic mass is 32.2. The van der Waals surface area contributed by atoms with Crippen LogP contribution >= 0.6 is 0 Å². The summed E-state index contributed by atoms with van der Waals surface area (Å²) in [5.41, 5.74) is 6.97. The van der Waals surface area contributed by atoms with E-state index in [0.29, 0.717) is 0 Å². The number of pyridine rings is 1. The summed E-state index contributed by atoms with van der Waals surface area (Å²) in [6.07, 6.45) is 10.1. The van der Waals surface area contributed by atoms with Gasteiger partial charge in [0.2, 0.25) is 10.0 Å². The lowest BCUT2D eigenvalue weighted by Crippen LogP contribution is -2.57. The summed E-state index contributed by atoms with van der Waals surface area (Å²) in [6, 6.07) is 2.18. The molecule has 3 aromatic rings. The molecule has 0 aromatic carbocycles. The quantitative estimate of drug-likeness (QED) is 0.582. The third-order valence-corrected chi connectivity index (χ3v) is 9.58. The normalized spacial score (nSPS) is 26.5. The molecule has 4 aliphatic rings. The van der Waals surface area contributed by atoms with E-state index in [1.807, 2.05) is 24.9 Å². The van der Waals surface area contributed by atoms with Gasteiger partial charge in [0.1, 0.15) is 0 Å². The summed E-state index contributed by atoms with van der Waals surface area (Å²) in [5, 5.41) is 10.6. The summed E-state index contributed by atoms with van der Waals surface area (Å²) in [6.45, 7) is 6.92. The van der Waals surface area contributed by atoms with Crippen molar-refractivity contribution in [2.24, 2.45) is 12.5 Å². The minimum absolute atomic E-state index is 0.227. The fraction of sp³-hybridized carbons (Fsp3) is 0.640. The largest absolute Gasteiger partial charge is 0.366 e. The Hall–Kier alpha value is -2.46. The Labute approximate surface area is 206 Å². The number of fused-ring (bicyclic) bond motifs is 5. The Morgan fingerprint density at radius 1 is 1.11 bits per heavy atom. The van der Waals surface area contributed by atoms with Crippen molar-refractivity contribution >= 4 is 26.7 Å². The van der Waals surface area contributed by atoms with Crippen LogP contribution in [0.15, 0.2) is 12.3 Å². The molecule has 0 spiro atoms. The van der Waals surface area contributed by atoms with Crippen LogP contribution in [0, 0.1) is 19.3 Å². The number of nitrogens with zero attached hydrogens (tertiary/aromatic N) is 6. The molecule has 0 atom stereocenters. The number of aromatic nitrogens is 5. The van der Waals surface area contributed by atoms with Gasteiger partial charge in [-0.15, -0.1) is 0 Å². The minimum atomic E-state index is -3.18. The smallest absolute Gasteiger partial charge is 0.209 e. The average molecular weight is 498 g/mol. The van der Waals surface area contributed by atoms with Crippen molar-refractivity contribution in [2.75, 3.05) is 17.7 Å². The van der Waals surface area contributed by atoms with E-state index in [1.54, 1.807) is 0 Å². The summed E-state index contributed by atoms with van der Waals surface area (Å²) >= 11 is 0. The van der Waals surface area contributed by atoms with Crippen molar-refractivity contribution in [1.82, 2.24) is 29.3 Å². The fourth-order valence-corrected chi connectivity index (χ4v) is 7.94. The highest BCUT2D eigenvalue weighted by Gasteiger charge is 2.50. The van der Waals surface area contributed by atoms with E-state index in [4.69, 9.17) is 5.10 Å². The van der Waals surface area contributed by atoms with Crippen LogP contribution in [0.2, 0.25) is 0 Å². The molecule has 0 saturated heterocycles. The molecule has 35 heavy (non-hydrogen) atoms. The van der Waals surface area contributed by atoms with Crippen LogP contribution in [0.5, 0.6) is 0 Å². The van der Waals surface area contributed by atoms with E-state index in [-0.39, 0.29) is 11.0 Å². The molecule has 9 nitrogen and oxygen atoms in total. The van der Waals surface area contributed by atoms with E-state index >= 15 is 0 Å². The lowest BCUT2D eigenvalue weighted by atomic mass is 9.57. The fourth-order valence-electron chi connectivity index (χ4n) is 6.84. The summed E-state index contributed by atoms with van der Waals surface area (Å²) in [5.74, 6) is 0. The van der Waals surface area contributed by atoms with Gasteiger partial charge in [0.25, 0.3) is 0 Å². The number of rotatable bonds is 5. The molecule has 2 bridgehead atoms. The van der Waals surface area contributed by atoms with Crippen LogP contribution in [0.4, 0.5) is 5.69 Å². The highest BCUT2D eigenvalue weighted by molar-refractivity contribution is 7.88. The second kappa shape index (κ2) is 7.77. The van der Waals surface area contributed by atoms with Crippen LogP contribution in [-0.4, -0.2) is 51.3 Å². The van der Waals surface area contributed by atoms with Crippen LogP contribution in [0.25, 0.3) is 11.0 Å². The zero-order chi connectivity index (χ0) is 24.6. The van der Waals surface area contributed by atoms with E-state index in [0.717, 1.165) is 87.0 Å². The molecule has 1 N–H and O–H groups in total. The third-order valence-electron chi connectivity index (χ3n) is 8.78. The first kappa shape index (κ1) is 23.0. The first-order valence-corrected chi connectivity index (χ1v) is 14.5. The van der Waals surface area contributed by atoms with Crippen molar-refractivity contribution < 1.29 is 8.42 Å². The van der Waals surface area contributed by atoms with Gasteiger partial charge in [-0.2, -0.15) is 10.2 Å². The predicted molar refractivity (Wildman–Crippen MR) is 136 cm³/mol. The van der Waals surface area contributed by atoms with Crippen LogP contribution in [-0.2, 0) is 36.6 Å². The Bertz CT molecular complexity index is 1400. The molecular weight excluding hydrogens is 462 g/mol. The van der Waals surface area contributed by atoms with Crippen molar-refractivity contribution in [1.29, 1.82) is 0 Å². The first-order chi connectivity index (χ1) is 16.6. The van der Waals surface area contributed by atoms with Gasteiger partial charge in [-0.25, -0.2) is 18.1 Å². The lowest BCUT2D eigenvalue weighted by Gasteiger charge is -2.53. The van der Waals surface area contributed by atoms with Crippen LogP contribution in [0.3, 0.4) is 0 Å². The molecule has 3 aromatic heterocycles. The number of sulfonamides is 1. The van der Waals surface area contributed by atoms with E-state index in [2.05, 4.69) is 37.4 Å². The van der Waals surface area contributed by atoms with Gasteiger partial charge in [-0.1, -0.05) is 0 Å². The van der Waals surface area contributed by atoms with E-state index in [9.17, 15) is 8.42 Å². The molecule has 3 fully saturated rings. The first-order valence-electron chi connectivity index (χ1n) is 12.6. The molecule has 10 heteroatoms. The van der Waals surface area contributed by atoms with Gasteiger partial charge in [0.15, 0.2) is 5.65 Å². The van der Waals surface area contributed by atoms with Gasteiger partial charge in [0.05, 0.1) is 29.2 Å². The van der Waals surface area contributed by atoms with Crippen molar-refractivity contribution in [3.8, 4) is 0 Å². The van der Waals surface area contributed by atoms with Crippen molar-refractivity contribution in [2.45, 2.75) is 77.4 Å². The molecule has 1 aliphatic heterocycles. The van der Waals surface area contributed by atoms with Crippen molar-refractivity contribution in [3.63, 3.8) is 0 Å². The van der Waals surface area contributed by atoms with Gasteiger partial charge in [-0.3, -0.25) is 9.36 Å². The second-order valence-electron chi connectivity index (χ2n) is 11.3. The van der Waals surface area contributed by atoms with Crippen LogP contribution < -0.4 is 9.62 Å². The maximum absolute atomic E-state index is 11.9. The molecule has 0 unspecified atom stereocenters. The molecule has 188 valence electrons. The Kier molecular flexibility index (Phi) is 5.10. The number of nitrogens with one attached hydrogen (secondary N) is 1. The molecule has 4 heterocycles. The molecular formula is C25H35N7O2S. The molecule has 7 rings (SSSR count). The predicted octanol–water partition coefficient (Wildman–Crippen LogP) is 2.99. The van der Waals surface area contributed by atoms with E-state index < -0.39 is 10.0 Å². The van der Waals surface area contributed by atoms with E-state index in [1.165, 1.54) is 23.2 Å². The summed E-state index contributed by atoms with van der Waals surface area (Å²) in [7, 11) is -1.24. The maximum Gasteiger partial charge on any atom is 0.209 e. The number of hydrogen-bond donors (Lipinski definition) is 1. The monoisotopic (exact) mass is 497 g/mol. The summed E-state index contributed by atoms with van der Waals surface area (Å²) < 4.78 is 30.9. The van der Waals surface area contributed by atoms with Crippen LogP contribution in [0.1, 0.15) is 61.2 Å². The number of hydrogen-bond acceptors (Lipinski definition) is 6. The molecule has 3 aliphatic carbocycles. The third kappa shape index (κ3) is 3.94. The maximum atomic E-state index is 11.9. The van der Waals surface area contributed by atoms with Crippen molar-refractivity contribution in [3.05, 3.63) is 34.9 Å². The van der Waals surface area contributed by atoms with Gasteiger partial charge < -0.3 is 4.90 Å². The average Bonchev–Trinajstić information content (AvgIpc) is 3.32. The molecule has 0 amide bonds. The van der Waals surface area contributed by atoms with Gasteiger partial charge in [-0.05, 0) is 63.9 Å². The topological polar surface area (TPSA) is 97.9 Å². The minimum Gasteiger partial charge on any atom is -0.366 e. The molecule has 3 saturated carbocycles. The SMILES string of the molecule is Cc1cc(N2CCc3c(c(C)nn3CC34CCC(NS(C)(=O)=O)(CC3)CC4)C2)c2cnn(C)c2n1. The lowest BCUT2D eigenvalue weighted by molar-refractivity contribution is 0.0186. The standard InChI is InChI=1S/C25H35N7O2S/c1-17-13-22(19-14-26-30(3)23(19)27-17)31-12-5-21-20(15-31)18(2)28-32(21)16-24-6-9-25(10-7-24,11-8-24)29-35(4,33)34/h13-14,29H,5-12,15-16H2,1-4H3. The summed E-state index contributed by atoms with van der Waals surface area (Å²) in [4.78, 5) is 7.14. The Morgan fingerprint density at radius 3 is 2.51 bits per heavy atom. The highest BCUT2D eigenvalue weighted by Crippen LogP contribution is 2.53. The zero-order valence-electron chi connectivity index (χ0n) is 21.1.